The number of carbonyl (C=O) groups excluding carboxylic acids is 1. The molecular weight excluding hydrogens is 462 g/mol. The summed E-state index contributed by atoms with van der Waals surface area (Å²) in [6, 6.07) is 4.48. The van der Waals surface area contributed by atoms with Crippen LogP contribution in [0, 0.1) is 18.7 Å². The number of carbonyl (C=O) groups is 1. The summed E-state index contributed by atoms with van der Waals surface area (Å²) in [6.07, 6.45) is 2.58. The Morgan fingerprint density at radius 3 is 2.67 bits per heavy atom. The van der Waals surface area contributed by atoms with Crippen molar-refractivity contribution in [2.24, 2.45) is 10.9 Å². The van der Waals surface area contributed by atoms with E-state index in [0.717, 1.165) is 25.0 Å². The Balaban J connectivity index is 0.00000364. The number of guanidine groups is 1. The van der Waals surface area contributed by atoms with E-state index in [1.165, 1.54) is 18.9 Å². The second kappa shape index (κ2) is 12.1. The van der Waals surface area contributed by atoms with Crippen LogP contribution in [0.4, 0.5) is 4.39 Å². The van der Waals surface area contributed by atoms with E-state index in [4.69, 9.17) is 4.74 Å². The Morgan fingerprint density at radius 1 is 1.33 bits per heavy atom. The van der Waals surface area contributed by atoms with Gasteiger partial charge >= 0.3 is 0 Å². The lowest BCUT2D eigenvalue weighted by molar-refractivity contribution is 0.0953. The highest BCUT2D eigenvalue weighted by Crippen LogP contribution is 2.28. The van der Waals surface area contributed by atoms with Crippen molar-refractivity contribution in [2.45, 2.75) is 19.8 Å². The number of amides is 1. The van der Waals surface area contributed by atoms with Gasteiger partial charge in [0.05, 0.1) is 6.61 Å². The molecule has 0 heterocycles. The first kappa shape index (κ1) is 23.6. The molecule has 1 fully saturated rings. The molecule has 27 heavy (non-hydrogen) atoms. The fraction of sp³-hybridized carbons (Fsp3) is 0.579. The van der Waals surface area contributed by atoms with E-state index in [1.54, 1.807) is 26.1 Å². The lowest BCUT2D eigenvalue weighted by atomic mass is 10.1. The van der Waals surface area contributed by atoms with E-state index in [-0.39, 0.29) is 35.7 Å². The third-order valence-corrected chi connectivity index (χ3v) is 4.32. The lowest BCUT2D eigenvalue weighted by Gasteiger charge is -2.22. The fourth-order valence-corrected chi connectivity index (χ4v) is 2.41. The molecule has 6 nitrogen and oxygen atoms in total. The Labute approximate surface area is 178 Å². The number of hydrogen-bond acceptors (Lipinski definition) is 3. The summed E-state index contributed by atoms with van der Waals surface area (Å²) in [6.45, 7) is 4.88. The van der Waals surface area contributed by atoms with E-state index in [1.807, 2.05) is 11.9 Å². The predicted octanol–water partition coefficient (Wildman–Crippen LogP) is 2.42. The van der Waals surface area contributed by atoms with E-state index in [0.29, 0.717) is 30.8 Å². The summed E-state index contributed by atoms with van der Waals surface area (Å²) < 4.78 is 19.2. The quantitative estimate of drug-likeness (QED) is 0.241. The molecule has 0 spiro atoms. The van der Waals surface area contributed by atoms with Crippen molar-refractivity contribution in [1.82, 2.24) is 15.5 Å². The predicted molar refractivity (Wildman–Crippen MR) is 116 cm³/mol. The highest BCUT2D eigenvalue weighted by molar-refractivity contribution is 14.0. The molecule has 1 aromatic rings. The number of nitrogens with one attached hydrogen (secondary N) is 2. The van der Waals surface area contributed by atoms with E-state index >= 15 is 0 Å². The average molecular weight is 492 g/mol. The van der Waals surface area contributed by atoms with Gasteiger partial charge in [0.2, 0.25) is 0 Å². The maximum Gasteiger partial charge on any atom is 0.251 e. The summed E-state index contributed by atoms with van der Waals surface area (Å²) in [5.41, 5.74) is 0.846. The second-order valence-corrected chi connectivity index (χ2v) is 6.63. The van der Waals surface area contributed by atoms with Crippen molar-refractivity contribution in [2.75, 3.05) is 46.9 Å². The van der Waals surface area contributed by atoms with Crippen molar-refractivity contribution in [1.29, 1.82) is 0 Å². The van der Waals surface area contributed by atoms with Gasteiger partial charge in [-0.05, 0) is 43.4 Å². The van der Waals surface area contributed by atoms with Crippen molar-refractivity contribution in [3.63, 3.8) is 0 Å². The van der Waals surface area contributed by atoms with Gasteiger partial charge in [0.15, 0.2) is 5.96 Å². The third kappa shape index (κ3) is 8.42. The number of benzene rings is 1. The van der Waals surface area contributed by atoms with Crippen molar-refractivity contribution in [3.05, 3.63) is 35.1 Å². The zero-order valence-electron chi connectivity index (χ0n) is 16.3. The molecule has 1 amide bonds. The second-order valence-electron chi connectivity index (χ2n) is 6.63. The van der Waals surface area contributed by atoms with Crippen LogP contribution >= 0.6 is 24.0 Å². The van der Waals surface area contributed by atoms with Gasteiger partial charge in [0.25, 0.3) is 5.91 Å². The molecule has 1 aromatic carbocycles. The van der Waals surface area contributed by atoms with Crippen LogP contribution in [0.2, 0.25) is 0 Å². The summed E-state index contributed by atoms with van der Waals surface area (Å²) >= 11 is 0. The van der Waals surface area contributed by atoms with Gasteiger partial charge in [-0.3, -0.25) is 9.79 Å². The molecule has 1 aliphatic carbocycles. The van der Waals surface area contributed by atoms with Gasteiger partial charge in [0, 0.05) is 45.9 Å². The van der Waals surface area contributed by atoms with Gasteiger partial charge in [-0.2, -0.15) is 0 Å². The molecule has 152 valence electrons. The van der Waals surface area contributed by atoms with Crippen LogP contribution < -0.4 is 10.6 Å². The first-order valence-electron chi connectivity index (χ1n) is 9.05. The summed E-state index contributed by atoms with van der Waals surface area (Å²) in [5, 5.41) is 5.96. The number of likely N-dealkylation sites (N-methyl/N-ethyl adjacent to an activating group) is 1. The minimum Gasteiger partial charge on any atom is -0.379 e. The highest BCUT2D eigenvalue weighted by atomic mass is 127. The number of ether oxygens (including phenoxy) is 1. The first-order valence-corrected chi connectivity index (χ1v) is 9.05. The first-order chi connectivity index (χ1) is 12.5. The van der Waals surface area contributed by atoms with Gasteiger partial charge in [0.1, 0.15) is 5.82 Å². The summed E-state index contributed by atoms with van der Waals surface area (Å²) in [4.78, 5) is 18.2. The van der Waals surface area contributed by atoms with Crippen LogP contribution in [-0.2, 0) is 4.74 Å². The summed E-state index contributed by atoms with van der Waals surface area (Å²) in [7, 11) is 3.67. The number of aliphatic imine (C=N–C) groups is 1. The van der Waals surface area contributed by atoms with E-state index in [9.17, 15) is 9.18 Å². The minimum absolute atomic E-state index is 0. The lowest BCUT2D eigenvalue weighted by Crippen LogP contribution is -2.43. The fourth-order valence-electron chi connectivity index (χ4n) is 2.41. The molecule has 1 aliphatic rings. The average Bonchev–Trinajstić information content (AvgIpc) is 3.45. The maximum absolute atomic E-state index is 13.5. The van der Waals surface area contributed by atoms with Gasteiger partial charge in [-0.25, -0.2) is 4.39 Å². The molecule has 0 saturated heterocycles. The number of rotatable bonds is 9. The molecule has 0 atom stereocenters. The number of aryl methyl sites for hydroxylation is 1. The maximum atomic E-state index is 13.5. The highest BCUT2D eigenvalue weighted by Gasteiger charge is 2.21. The molecular formula is C19H30FIN4O2. The van der Waals surface area contributed by atoms with Crippen molar-refractivity contribution in [3.8, 4) is 0 Å². The van der Waals surface area contributed by atoms with Gasteiger partial charge in [-0.1, -0.05) is 6.07 Å². The Kier molecular flexibility index (Phi) is 10.6. The van der Waals surface area contributed by atoms with Crippen LogP contribution in [-0.4, -0.2) is 63.7 Å². The zero-order chi connectivity index (χ0) is 18.9. The molecule has 0 radical (unpaired) electrons. The van der Waals surface area contributed by atoms with E-state index in [2.05, 4.69) is 15.6 Å². The Hall–Kier alpha value is -1.42. The number of nitrogens with zero attached hydrogens (tertiary/aromatic N) is 2. The van der Waals surface area contributed by atoms with Crippen LogP contribution in [0.5, 0.6) is 0 Å². The van der Waals surface area contributed by atoms with Crippen LogP contribution in [0.25, 0.3) is 0 Å². The van der Waals surface area contributed by atoms with Gasteiger partial charge in [-0.15, -0.1) is 24.0 Å². The minimum atomic E-state index is -0.373. The molecule has 0 aromatic heterocycles. The molecule has 0 bridgehead atoms. The van der Waals surface area contributed by atoms with Crippen molar-refractivity contribution >= 4 is 35.8 Å². The van der Waals surface area contributed by atoms with Crippen LogP contribution in [0.15, 0.2) is 23.2 Å². The molecule has 2 rings (SSSR count). The SMILES string of the molecule is CN=C(NCCNC(=O)c1ccc(C)c(F)c1)N(C)CCOCC1CC1.I. The molecule has 0 aliphatic heterocycles. The Morgan fingerprint density at radius 2 is 2.04 bits per heavy atom. The zero-order valence-corrected chi connectivity index (χ0v) is 18.6. The molecule has 1 saturated carbocycles. The Bertz CT molecular complexity index is 638. The number of hydrogen-bond donors (Lipinski definition) is 2. The van der Waals surface area contributed by atoms with Crippen LogP contribution in [0.3, 0.4) is 0 Å². The van der Waals surface area contributed by atoms with Crippen LogP contribution in [0.1, 0.15) is 28.8 Å². The number of halogens is 2. The largest absolute Gasteiger partial charge is 0.379 e. The van der Waals surface area contributed by atoms with Crippen molar-refractivity contribution < 1.29 is 13.9 Å². The third-order valence-electron chi connectivity index (χ3n) is 4.32. The van der Waals surface area contributed by atoms with Gasteiger partial charge < -0.3 is 20.3 Å². The molecule has 8 heteroatoms. The topological polar surface area (TPSA) is 66.0 Å². The standard InChI is InChI=1S/C19H29FN4O2.HI/c1-14-4-7-16(12-17(14)20)18(25)22-8-9-23-19(21-2)24(3)10-11-26-13-15-5-6-15;/h4,7,12,15H,5-6,8-11,13H2,1-3H3,(H,21,23)(H,22,25);1H. The normalized spacial score (nSPS) is 13.7. The molecule has 2 N–H and O–H groups in total. The van der Waals surface area contributed by atoms with E-state index < -0.39 is 0 Å². The summed E-state index contributed by atoms with van der Waals surface area (Å²) in [5.74, 6) is 0.850. The smallest absolute Gasteiger partial charge is 0.251 e. The molecule has 0 unspecified atom stereocenters. The monoisotopic (exact) mass is 492 g/mol.